The number of nitro benzene ring substituents is 1. The third kappa shape index (κ3) is 5.19. The first-order valence-electron chi connectivity index (χ1n) is 8.41. The molecular formula is C18H21N3O6S. The Morgan fingerprint density at radius 3 is 2.54 bits per heavy atom. The van der Waals surface area contributed by atoms with Crippen LogP contribution in [-0.2, 0) is 14.8 Å². The fourth-order valence-corrected chi connectivity index (χ4v) is 3.80. The van der Waals surface area contributed by atoms with Gasteiger partial charge in [-0.3, -0.25) is 19.2 Å². The third-order valence-corrected chi connectivity index (χ3v) is 5.04. The van der Waals surface area contributed by atoms with Crippen LogP contribution in [0.4, 0.5) is 17.1 Å². The summed E-state index contributed by atoms with van der Waals surface area (Å²) in [6.07, 6.45) is 0.936. The van der Waals surface area contributed by atoms with Crippen LogP contribution in [-0.4, -0.2) is 38.2 Å². The molecule has 0 saturated carbocycles. The van der Waals surface area contributed by atoms with Crippen molar-refractivity contribution in [3.05, 3.63) is 58.6 Å². The fraction of sp³-hybridized carbons (Fsp3) is 0.278. The van der Waals surface area contributed by atoms with Gasteiger partial charge in [0.25, 0.3) is 5.69 Å². The lowest BCUT2D eigenvalue weighted by atomic mass is 10.2. The summed E-state index contributed by atoms with van der Waals surface area (Å²) < 4.78 is 30.8. The minimum Gasteiger partial charge on any atom is -0.494 e. The van der Waals surface area contributed by atoms with Gasteiger partial charge in [0, 0.05) is 23.9 Å². The molecule has 0 heterocycles. The quantitative estimate of drug-likeness (QED) is 0.531. The van der Waals surface area contributed by atoms with Gasteiger partial charge in [-0.05, 0) is 32.0 Å². The van der Waals surface area contributed by atoms with Crippen LogP contribution in [0.5, 0.6) is 5.75 Å². The minimum atomic E-state index is -3.89. The number of non-ortho nitro benzene ring substituents is 1. The molecule has 150 valence electrons. The van der Waals surface area contributed by atoms with Crippen LogP contribution in [0.15, 0.2) is 48.5 Å². The van der Waals surface area contributed by atoms with Crippen LogP contribution < -0.4 is 14.4 Å². The Morgan fingerprint density at radius 2 is 1.93 bits per heavy atom. The number of nitrogens with one attached hydrogen (secondary N) is 1. The number of nitro groups is 1. The standard InChI is InChI=1S/C18H21N3O6S/c1-4-27-17-10-5-7-14(11-17)19-18(22)13(2)20(28(3,25)26)15-8-6-9-16(12-15)21(23)24/h5-13H,4H2,1-3H3,(H,19,22). The zero-order valence-corrected chi connectivity index (χ0v) is 16.5. The summed E-state index contributed by atoms with van der Waals surface area (Å²) in [5.41, 5.74) is 0.195. The van der Waals surface area contributed by atoms with Crippen molar-refractivity contribution >= 4 is 33.0 Å². The van der Waals surface area contributed by atoms with E-state index in [0.29, 0.717) is 18.0 Å². The van der Waals surface area contributed by atoms with E-state index in [4.69, 9.17) is 4.74 Å². The van der Waals surface area contributed by atoms with Gasteiger partial charge in [-0.15, -0.1) is 0 Å². The molecule has 0 fully saturated rings. The molecule has 1 unspecified atom stereocenters. The second-order valence-corrected chi connectivity index (χ2v) is 7.82. The van der Waals surface area contributed by atoms with E-state index in [1.54, 1.807) is 24.3 Å². The zero-order chi connectivity index (χ0) is 20.9. The molecule has 10 heteroatoms. The van der Waals surface area contributed by atoms with E-state index in [0.717, 1.165) is 16.6 Å². The average molecular weight is 407 g/mol. The second-order valence-electron chi connectivity index (χ2n) is 5.96. The number of anilines is 2. The Bertz CT molecular complexity index is 977. The van der Waals surface area contributed by atoms with Gasteiger partial charge in [-0.1, -0.05) is 12.1 Å². The highest BCUT2D eigenvalue weighted by Gasteiger charge is 2.30. The molecule has 1 amide bonds. The number of nitrogens with zero attached hydrogens (tertiary/aromatic N) is 2. The summed E-state index contributed by atoms with van der Waals surface area (Å²) in [5.74, 6) is -0.0304. The lowest BCUT2D eigenvalue weighted by Crippen LogP contribution is -2.45. The monoisotopic (exact) mass is 407 g/mol. The number of carbonyl (C=O) groups is 1. The molecule has 0 aliphatic heterocycles. The summed E-state index contributed by atoms with van der Waals surface area (Å²) in [6.45, 7) is 3.69. The first kappa shape index (κ1) is 21.2. The molecule has 0 bridgehead atoms. The van der Waals surface area contributed by atoms with Gasteiger partial charge in [0.2, 0.25) is 15.9 Å². The van der Waals surface area contributed by atoms with Crippen molar-refractivity contribution in [3.63, 3.8) is 0 Å². The Labute approximate surface area is 163 Å². The minimum absolute atomic E-state index is 0.0300. The van der Waals surface area contributed by atoms with Crippen molar-refractivity contribution in [1.82, 2.24) is 0 Å². The van der Waals surface area contributed by atoms with Crippen LogP contribution in [0.3, 0.4) is 0 Å². The number of hydrogen-bond donors (Lipinski definition) is 1. The normalized spacial score (nSPS) is 12.1. The SMILES string of the molecule is CCOc1cccc(NC(=O)C(C)N(c2cccc([N+](=O)[O-])c2)S(C)(=O)=O)c1. The van der Waals surface area contributed by atoms with Gasteiger partial charge in [-0.25, -0.2) is 8.42 Å². The second kappa shape index (κ2) is 8.70. The Morgan fingerprint density at radius 1 is 1.25 bits per heavy atom. The van der Waals surface area contributed by atoms with Crippen LogP contribution >= 0.6 is 0 Å². The van der Waals surface area contributed by atoms with Crippen LogP contribution in [0, 0.1) is 10.1 Å². The molecule has 0 radical (unpaired) electrons. The molecule has 28 heavy (non-hydrogen) atoms. The topological polar surface area (TPSA) is 119 Å². The molecule has 2 aromatic rings. The van der Waals surface area contributed by atoms with E-state index >= 15 is 0 Å². The lowest BCUT2D eigenvalue weighted by molar-refractivity contribution is -0.384. The largest absolute Gasteiger partial charge is 0.494 e. The lowest BCUT2D eigenvalue weighted by Gasteiger charge is -2.28. The molecule has 0 aromatic heterocycles. The van der Waals surface area contributed by atoms with Gasteiger partial charge in [0.1, 0.15) is 11.8 Å². The summed E-state index contributed by atoms with van der Waals surface area (Å²) in [7, 11) is -3.89. The van der Waals surface area contributed by atoms with Crippen molar-refractivity contribution in [2.75, 3.05) is 22.5 Å². The van der Waals surface area contributed by atoms with E-state index in [2.05, 4.69) is 5.32 Å². The first-order chi connectivity index (χ1) is 13.1. The average Bonchev–Trinajstić information content (AvgIpc) is 2.61. The highest BCUT2D eigenvalue weighted by molar-refractivity contribution is 7.92. The van der Waals surface area contributed by atoms with Gasteiger partial charge in [0.15, 0.2) is 0 Å². The van der Waals surface area contributed by atoms with E-state index in [1.165, 1.54) is 25.1 Å². The van der Waals surface area contributed by atoms with E-state index in [1.807, 2.05) is 6.92 Å². The van der Waals surface area contributed by atoms with Crippen LogP contribution in [0.2, 0.25) is 0 Å². The number of amides is 1. The van der Waals surface area contributed by atoms with E-state index in [9.17, 15) is 23.3 Å². The number of hydrogen-bond acceptors (Lipinski definition) is 6. The van der Waals surface area contributed by atoms with Crippen molar-refractivity contribution in [2.45, 2.75) is 19.9 Å². The van der Waals surface area contributed by atoms with E-state index < -0.39 is 26.9 Å². The number of carbonyl (C=O) groups excluding carboxylic acids is 1. The maximum atomic E-state index is 12.7. The van der Waals surface area contributed by atoms with Crippen molar-refractivity contribution in [3.8, 4) is 5.75 Å². The molecule has 1 N–H and O–H groups in total. The Balaban J connectivity index is 2.32. The zero-order valence-electron chi connectivity index (χ0n) is 15.7. The highest BCUT2D eigenvalue weighted by Crippen LogP contribution is 2.26. The van der Waals surface area contributed by atoms with Gasteiger partial charge in [0.05, 0.1) is 23.5 Å². The Hall–Kier alpha value is -3.14. The number of sulfonamides is 1. The summed E-state index contributed by atoms with van der Waals surface area (Å²) in [6, 6.07) is 10.7. The molecule has 0 aliphatic carbocycles. The predicted molar refractivity (Wildman–Crippen MR) is 106 cm³/mol. The summed E-state index contributed by atoms with van der Waals surface area (Å²) in [4.78, 5) is 23.0. The smallest absolute Gasteiger partial charge is 0.271 e. The van der Waals surface area contributed by atoms with Crippen LogP contribution in [0.1, 0.15) is 13.8 Å². The number of ether oxygens (including phenoxy) is 1. The van der Waals surface area contributed by atoms with Crippen molar-refractivity contribution in [1.29, 1.82) is 0 Å². The molecule has 9 nitrogen and oxygen atoms in total. The third-order valence-electron chi connectivity index (χ3n) is 3.80. The Kier molecular flexibility index (Phi) is 6.57. The molecule has 2 rings (SSSR count). The maximum Gasteiger partial charge on any atom is 0.271 e. The summed E-state index contributed by atoms with van der Waals surface area (Å²) >= 11 is 0. The van der Waals surface area contributed by atoms with Gasteiger partial charge in [-0.2, -0.15) is 0 Å². The predicted octanol–water partition coefficient (Wildman–Crippen LogP) is 2.79. The molecule has 2 aromatic carbocycles. The molecule has 1 atom stereocenters. The van der Waals surface area contributed by atoms with Crippen molar-refractivity contribution in [2.24, 2.45) is 0 Å². The van der Waals surface area contributed by atoms with Crippen molar-refractivity contribution < 1.29 is 22.9 Å². The van der Waals surface area contributed by atoms with Gasteiger partial charge < -0.3 is 10.1 Å². The molecular weight excluding hydrogens is 386 g/mol. The van der Waals surface area contributed by atoms with Gasteiger partial charge >= 0.3 is 0 Å². The number of rotatable bonds is 8. The summed E-state index contributed by atoms with van der Waals surface area (Å²) in [5, 5.41) is 13.6. The molecule has 0 spiro atoms. The first-order valence-corrected chi connectivity index (χ1v) is 10.3. The van der Waals surface area contributed by atoms with E-state index in [-0.39, 0.29) is 11.4 Å². The highest BCUT2D eigenvalue weighted by atomic mass is 32.2. The molecule has 0 aliphatic rings. The number of benzene rings is 2. The van der Waals surface area contributed by atoms with Crippen LogP contribution in [0.25, 0.3) is 0 Å². The molecule has 0 saturated heterocycles. The fourth-order valence-electron chi connectivity index (χ4n) is 2.63. The maximum absolute atomic E-state index is 12.7.